The van der Waals surface area contributed by atoms with Crippen LogP contribution in [-0.2, 0) is 5.54 Å². The van der Waals surface area contributed by atoms with Gasteiger partial charge in [0.05, 0.1) is 4.91 Å². The van der Waals surface area contributed by atoms with E-state index < -0.39 is 56.3 Å². The molecular weight excluding hydrogens is 360 g/mol. The lowest BCUT2D eigenvalue weighted by atomic mass is 9.95. The number of rotatable bonds is 0. The first-order valence-corrected chi connectivity index (χ1v) is 5.75. The third-order valence-electron chi connectivity index (χ3n) is 2.67. The fourth-order valence-corrected chi connectivity index (χ4v) is 3.06. The van der Waals surface area contributed by atoms with Crippen LogP contribution in [0.4, 0.5) is 43.9 Å². The van der Waals surface area contributed by atoms with E-state index in [1.807, 2.05) is 0 Å². The van der Waals surface area contributed by atoms with Gasteiger partial charge in [-0.1, -0.05) is 0 Å². The molecule has 0 saturated heterocycles. The van der Waals surface area contributed by atoms with Crippen molar-refractivity contribution in [2.45, 2.75) is 29.2 Å². The molecule has 0 radical (unpaired) electrons. The molecule has 1 aromatic rings. The molecule has 2 rings (SSSR count). The Labute approximate surface area is 118 Å². The van der Waals surface area contributed by atoms with E-state index in [2.05, 4.69) is 10.2 Å². The highest BCUT2D eigenvalue weighted by Gasteiger charge is 2.79. The minimum Gasteiger partial charge on any atom is -0.280 e. The van der Waals surface area contributed by atoms with E-state index >= 15 is 0 Å². The van der Waals surface area contributed by atoms with E-state index in [0.717, 1.165) is 0 Å². The summed E-state index contributed by atoms with van der Waals surface area (Å²) in [6, 6.07) is 0. The highest BCUT2D eigenvalue weighted by molar-refractivity contribution is 8.03. The molecule has 1 aliphatic heterocycles. The van der Waals surface area contributed by atoms with Gasteiger partial charge in [-0.05, 0) is 11.8 Å². The molecule has 0 atom stereocenters. The van der Waals surface area contributed by atoms with Gasteiger partial charge in [-0.3, -0.25) is 4.57 Å². The monoisotopic (exact) mass is 361 g/mol. The lowest BCUT2D eigenvalue weighted by Crippen LogP contribution is -2.57. The highest BCUT2D eigenvalue weighted by Crippen LogP contribution is 2.63. The second-order valence-electron chi connectivity index (χ2n) is 3.93. The van der Waals surface area contributed by atoms with Crippen LogP contribution in [0.3, 0.4) is 0 Å². The maximum absolute atomic E-state index is 13.3. The van der Waals surface area contributed by atoms with Gasteiger partial charge in [0.15, 0.2) is 5.16 Å². The van der Waals surface area contributed by atoms with Gasteiger partial charge in [0.1, 0.15) is 6.33 Å². The third-order valence-corrected chi connectivity index (χ3v) is 3.81. The number of halogens is 10. The first kappa shape index (κ1) is 16.9. The van der Waals surface area contributed by atoms with Crippen LogP contribution in [0.25, 0.3) is 0 Å². The number of aromatic nitrogens is 3. The maximum Gasteiger partial charge on any atom is 0.443 e. The molecule has 0 aromatic carbocycles. The maximum atomic E-state index is 13.3. The first-order chi connectivity index (χ1) is 9.74. The largest absolute Gasteiger partial charge is 0.443 e. The molecule has 0 saturated carbocycles. The van der Waals surface area contributed by atoms with Crippen molar-refractivity contribution in [3.05, 3.63) is 17.1 Å². The Morgan fingerprint density at radius 3 is 1.91 bits per heavy atom. The molecule has 0 fully saturated rings. The average Bonchev–Trinajstić information content (AvgIpc) is 2.80. The van der Waals surface area contributed by atoms with Gasteiger partial charge in [-0.15, -0.1) is 10.2 Å². The summed E-state index contributed by atoms with van der Waals surface area (Å²) >= 11 is -0.728. The highest BCUT2D eigenvalue weighted by atomic mass is 32.2. The van der Waals surface area contributed by atoms with E-state index in [-0.39, 0.29) is 6.33 Å². The van der Waals surface area contributed by atoms with Crippen LogP contribution in [0, 0.1) is 0 Å². The zero-order valence-corrected chi connectivity index (χ0v) is 10.4. The first-order valence-electron chi connectivity index (χ1n) is 4.94. The van der Waals surface area contributed by atoms with Crippen LogP contribution >= 0.6 is 11.8 Å². The van der Waals surface area contributed by atoms with Crippen molar-refractivity contribution in [1.29, 1.82) is 0 Å². The Balaban J connectivity index is 2.92. The predicted octanol–water partition coefficient (Wildman–Crippen LogP) is 3.95. The second-order valence-corrected chi connectivity index (χ2v) is 4.91. The van der Waals surface area contributed by atoms with Gasteiger partial charge in [-0.2, -0.15) is 39.5 Å². The number of thioether (sulfide) groups is 1. The van der Waals surface area contributed by atoms with Crippen LogP contribution in [-0.4, -0.2) is 33.3 Å². The van der Waals surface area contributed by atoms with Gasteiger partial charge in [-0.25, -0.2) is 4.39 Å². The molecule has 3 nitrogen and oxygen atoms in total. The summed E-state index contributed by atoms with van der Waals surface area (Å²) < 4.78 is 128. The predicted molar refractivity (Wildman–Crippen MR) is 50.2 cm³/mol. The quantitative estimate of drug-likeness (QED) is 0.656. The van der Waals surface area contributed by atoms with Crippen molar-refractivity contribution >= 4 is 11.8 Å². The molecule has 0 spiro atoms. The SMILES string of the molecule is FC(=C1Sc2nncn2C1(C(F)(F)F)C(F)(F)F)C(F)(F)F. The standard InChI is InChI=1S/C8HF10N3S/c9-2(6(10,11)12)3-5(7(13,14)15,8(16,17)18)21-1-19-20-4(21)22-3/h1H. The molecular formula is C8HF10N3S. The van der Waals surface area contributed by atoms with Crippen molar-refractivity contribution in [3.63, 3.8) is 0 Å². The lowest BCUT2D eigenvalue weighted by molar-refractivity contribution is -0.313. The van der Waals surface area contributed by atoms with E-state index in [4.69, 9.17) is 0 Å². The van der Waals surface area contributed by atoms with Crippen molar-refractivity contribution in [1.82, 2.24) is 14.8 Å². The van der Waals surface area contributed by atoms with Crippen LogP contribution in [0.2, 0.25) is 0 Å². The van der Waals surface area contributed by atoms with E-state index in [0.29, 0.717) is 0 Å². The van der Waals surface area contributed by atoms with Gasteiger partial charge in [0, 0.05) is 0 Å². The minimum absolute atomic E-state index is 0.0556. The normalized spacial score (nSPS) is 21.0. The summed E-state index contributed by atoms with van der Waals surface area (Å²) in [5, 5.41) is 4.47. The van der Waals surface area contributed by atoms with Gasteiger partial charge in [0.2, 0.25) is 5.83 Å². The fraction of sp³-hybridized carbons (Fsp3) is 0.500. The summed E-state index contributed by atoms with van der Waals surface area (Å²) in [7, 11) is 0. The lowest BCUT2D eigenvalue weighted by Gasteiger charge is -2.35. The summed E-state index contributed by atoms with van der Waals surface area (Å²) in [5.74, 6) is -3.49. The second kappa shape index (κ2) is 4.52. The Morgan fingerprint density at radius 1 is 1.00 bits per heavy atom. The smallest absolute Gasteiger partial charge is 0.280 e. The molecule has 0 bridgehead atoms. The van der Waals surface area contributed by atoms with E-state index in [1.165, 1.54) is 0 Å². The van der Waals surface area contributed by atoms with E-state index in [9.17, 15) is 43.9 Å². The number of hydrogen-bond acceptors (Lipinski definition) is 3. The molecule has 0 aliphatic carbocycles. The molecule has 22 heavy (non-hydrogen) atoms. The number of alkyl halides is 9. The van der Waals surface area contributed by atoms with Crippen molar-refractivity contribution in [2.75, 3.05) is 0 Å². The van der Waals surface area contributed by atoms with Gasteiger partial charge in [0.25, 0.3) is 5.54 Å². The summed E-state index contributed by atoms with van der Waals surface area (Å²) in [5.41, 5.74) is -5.23. The Bertz CT molecular complexity index is 607. The van der Waals surface area contributed by atoms with Crippen molar-refractivity contribution in [3.8, 4) is 0 Å². The molecule has 0 amide bonds. The van der Waals surface area contributed by atoms with Crippen LogP contribution in [0.1, 0.15) is 0 Å². The third kappa shape index (κ3) is 2.06. The summed E-state index contributed by atoms with van der Waals surface area (Å²) in [6.07, 6.45) is -18.7. The number of fused-ring (bicyclic) bond motifs is 1. The Morgan fingerprint density at radius 2 is 1.50 bits per heavy atom. The number of nitrogens with zero attached hydrogens (tertiary/aromatic N) is 3. The molecule has 0 N–H and O–H groups in total. The molecule has 14 heteroatoms. The molecule has 1 aliphatic rings. The fourth-order valence-electron chi connectivity index (χ4n) is 1.82. The Kier molecular flexibility index (Phi) is 3.47. The van der Waals surface area contributed by atoms with E-state index in [1.54, 1.807) is 0 Å². The Hall–Kier alpha value is -1.47. The van der Waals surface area contributed by atoms with Crippen LogP contribution < -0.4 is 0 Å². The minimum atomic E-state index is -6.32. The number of hydrogen-bond donors (Lipinski definition) is 0. The molecule has 0 unspecified atom stereocenters. The van der Waals surface area contributed by atoms with Crippen LogP contribution in [0.15, 0.2) is 22.2 Å². The molecule has 2 heterocycles. The number of allylic oxidation sites excluding steroid dienone is 2. The summed E-state index contributed by atoms with van der Waals surface area (Å²) in [6.45, 7) is 0. The summed E-state index contributed by atoms with van der Waals surface area (Å²) in [4.78, 5) is -2.59. The molecule has 124 valence electrons. The van der Waals surface area contributed by atoms with Crippen molar-refractivity contribution < 1.29 is 43.9 Å². The van der Waals surface area contributed by atoms with Crippen LogP contribution in [0.5, 0.6) is 0 Å². The topological polar surface area (TPSA) is 30.7 Å². The van der Waals surface area contributed by atoms with Gasteiger partial charge < -0.3 is 0 Å². The zero-order chi connectivity index (χ0) is 17.1. The average molecular weight is 361 g/mol. The van der Waals surface area contributed by atoms with Crippen molar-refractivity contribution in [2.24, 2.45) is 0 Å². The molecule has 1 aromatic heterocycles. The van der Waals surface area contributed by atoms with Gasteiger partial charge >= 0.3 is 18.5 Å². The zero-order valence-electron chi connectivity index (χ0n) is 9.61.